The molecule has 1 unspecified atom stereocenters. The average molecular weight is 731 g/mol. The van der Waals surface area contributed by atoms with Crippen LogP contribution in [0, 0.1) is 5.82 Å². The second-order valence-corrected chi connectivity index (χ2v) is 16.4. The molecule has 0 aliphatic carbocycles. The van der Waals surface area contributed by atoms with Crippen LogP contribution in [-0.2, 0) is 32.0 Å². The Hall–Kier alpha value is -4.86. The van der Waals surface area contributed by atoms with Gasteiger partial charge in [0.15, 0.2) is 0 Å². The predicted molar refractivity (Wildman–Crippen MR) is 205 cm³/mol. The second kappa shape index (κ2) is 16.9. The summed E-state index contributed by atoms with van der Waals surface area (Å²) < 4.78 is 39.2. The summed E-state index contributed by atoms with van der Waals surface area (Å²) >= 11 is 0. The molecule has 3 aromatic carbocycles. The monoisotopic (exact) mass is 730 g/mol. The second-order valence-electron chi connectivity index (χ2n) is 16.4. The van der Waals surface area contributed by atoms with Crippen molar-refractivity contribution in [2.24, 2.45) is 0 Å². The molecule has 0 spiro atoms. The fourth-order valence-corrected chi connectivity index (χ4v) is 5.97. The molecule has 1 saturated heterocycles. The van der Waals surface area contributed by atoms with E-state index in [4.69, 9.17) is 18.9 Å². The SMILES string of the molecule is C[C@@H](NC(=O)OC(C)(C)C)c1cccc(-c2cc(/C=C/C3CCCN3C(=O)OC(C)(C)C)cc(COc3ccccc3CC(=O)OC(C)(C)C)c2)c1F. The number of benzene rings is 3. The van der Waals surface area contributed by atoms with Crippen molar-refractivity contribution in [3.05, 3.63) is 94.8 Å². The molecule has 0 radical (unpaired) electrons. The standard InChI is InChI=1S/C43H55FN2O7/c1-28(45-39(48)52-42(5,6)7)34-17-13-18-35(38(34)44)32-24-29(20-21-33-16-14-22-46(33)40(49)53-43(8,9)10)23-30(25-32)27-50-36-19-12-11-15-31(36)26-37(47)51-41(2,3)4/h11-13,15,17-21,23-25,28,33H,14,16,22,26-27H2,1-10H3,(H,45,48)/b21-20+/t28-,33?/m1/s1. The van der Waals surface area contributed by atoms with Crippen LogP contribution < -0.4 is 10.1 Å². The van der Waals surface area contributed by atoms with Gasteiger partial charge >= 0.3 is 18.2 Å². The van der Waals surface area contributed by atoms with Crippen molar-refractivity contribution >= 4 is 24.2 Å². The number of amides is 2. The Morgan fingerprint density at radius 3 is 2.25 bits per heavy atom. The van der Waals surface area contributed by atoms with Gasteiger partial charge in [0.25, 0.3) is 0 Å². The van der Waals surface area contributed by atoms with Crippen molar-refractivity contribution in [3.8, 4) is 16.9 Å². The van der Waals surface area contributed by atoms with Crippen LogP contribution in [0.5, 0.6) is 5.75 Å². The van der Waals surface area contributed by atoms with Crippen LogP contribution in [0.25, 0.3) is 17.2 Å². The third-order valence-electron chi connectivity index (χ3n) is 8.11. The molecule has 53 heavy (non-hydrogen) atoms. The van der Waals surface area contributed by atoms with Crippen LogP contribution in [0.2, 0.25) is 0 Å². The third-order valence-corrected chi connectivity index (χ3v) is 8.11. The number of esters is 1. The molecule has 1 aliphatic rings. The number of para-hydroxylation sites is 1. The average Bonchev–Trinajstić information content (AvgIpc) is 3.50. The molecular formula is C43H55FN2O7. The summed E-state index contributed by atoms with van der Waals surface area (Å²) in [6.07, 6.45) is 4.61. The number of rotatable bonds is 10. The summed E-state index contributed by atoms with van der Waals surface area (Å²) in [6.45, 7) is 18.7. The van der Waals surface area contributed by atoms with Crippen molar-refractivity contribution in [2.45, 2.75) is 124 Å². The quantitative estimate of drug-likeness (QED) is 0.164. The fraction of sp³-hybridized carbons (Fsp3) is 0.465. The molecule has 9 nitrogen and oxygen atoms in total. The van der Waals surface area contributed by atoms with Crippen LogP contribution in [0.4, 0.5) is 14.0 Å². The zero-order chi connectivity index (χ0) is 39.1. The Morgan fingerprint density at radius 2 is 1.57 bits per heavy atom. The van der Waals surface area contributed by atoms with E-state index in [0.717, 1.165) is 24.0 Å². The maximum absolute atomic E-state index is 16.4. The van der Waals surface area contributed by atoms with E-state index in [0.29, 0.717) is 34.5 Å². The first-order valence-corrected chi connectivity index (χ1v) is 18.2. The predicted octanol–water partition coefficient (Wildman–Crippen LogP) is 9.95. The molecule has 1 N–H and O–H groups in total. The highest BCUT2D eigenvalue weighted by molar-refractivity contribution is 5.74. The van der Waals surface area contributed by atoms with E-state index >= 15 is 4.39 Å². The summed E-state index contributed by atoms with van der Waals surface area (Å²) in [6, 6.07) is 17.3. The van der Waals surface area contributed by atoms with Gasteiger partial charge in [-0.1, -0.05) is 48.6 Å². The lowest BCUT2D eigenvalue weighted by Gasteiger charge is -2.27. The lowest BCUT2D eigenvalue weighted by Crippen LogP contribution is -2.39. The van der Waals surface area contributed by atoms with Gasteiger partial charge in [-0.2, -0.15) is 0 Å². The Bertz CT molecular complexity index is 1800. The smallest absolute Gasteiger partial charge is 0.410 e. The number of ether oxygens (including phenoxy) is 4. The van der Waals surface area contributed by atoms with Crippen molar-refractivity contribution in [3.63, 3.8) is 0 Å². The van der Waals surface area contributed by atoms with E-state index < -0.39 is 34.8 Å². The summed E-state index contributed by atoms with van der Waals surface area (Å²) in [4.78, 5) is 39.9. The van der Waals surface area contributed by atoms with Crippen LogP contribution in [-0.4, -0.2) is 52.4 Å². The number of hydrogen-bond acceptors (Lipinski definition) is 7. The first-order valence-electron chi connectivity index (χ1n) is 18.2. The molecule has 4 rings (SSSR count). The summed E-state index contributed by atoms with van der Waals surface area (Å²) in [7, 11) is 0. The Morgan fingerprint density at radius 1 is 0.887 bits per heavy atom. The lowest BCUT2D eigenvalue weighted by atomic mass is 9.95. The molecule has 1 heterocycles. The van der Waals surface area contributed by atoms with Gasteiger partial charge in [-0.15, -0.1) is 0 Å². The molecule has 286 valence electrons. The summed E-state index contributed by atoms with van der Waals surface area (Å²) in [5, 5.41) is 2.74. The highest BCUT2D eigenvalue weighted by atomic mass is 19.1. The molecule has 2 atom stereocenters. The first kappa shape index (κ1) is 40.9. The van der Waals surface area contributed by atoms with Gasteiger partial charge in [0, 0.05) is 23.2 Å². The Labute approximate surface area is 313 Å². The summed E-state index contributed by atoms with van der Waals surface area (Å²) in [5.74, 6) is -0.297. The molecule has 0 bridgehead atoms. The van der Waals surface area contributed by atoms with Crippen LogP contribution in [0.3, 0.4) is 0 Å². The van der Waals surface area contributed by atoms with E-state index in [1.165, 1.54) is 0 Å². The normalized spacial score (nSPS) is 15.6. The first-order chi connectivity index (χ1) is 24.7. The van der Waals surface area contributed by atoms with E-state index in [1.807, 2.05) is 90.1 Å². The van der Waals surface area contributed by atoms with Gasteiger partial charge in [-0.05, 0) is 123 Å². The van der Waals surface area contributed by atoms with Gasteiger partial charge in [0.05, 0.1) is 18.5 Å². The fourth-order valence-electron chi connectivity index (χ4n) is 5.97. The van der Waals surface area contributed by atoms with Crippen LogP contribution in [0.1, 0.15) is 110 Å². The number of halogens is 1. The zero-order valence-electron chi connectivity index (χ0n) is 32.8. The van der Waals surface area contributed by atoms with Gasteiger partial charge < -0.3 is 29.2 Å². The Kier molecular flexibility index (Phi) is 13.0. The minimum atomic E-state index is -0.699. The molecular weight excluding hydrogens is 675 g/mol. The molecule has 0 aromatic heterocycles. The van der Waals surface area contributed by atoms with E-state index in [2.05, 4.69) is 5.32 Å². The van der Waals surface area contributed by atoms with Gasteiger partial charge in [-0.25, -0.2) is 14.0 Å². The van der Waals surface area contributed by atoms with Crippen LogP contribution >= 0.6 is 0 Å². The van der Waals surface area contributed by atoms with Crippen molar-refractivity contribution in [2.75, 3.05) is 6.54 Å². The Balaban J connectivity index is 1.67. The largest absolute Gasteiger partial charge is 0.489 e. The molecule has 10 heteroatoms. The molecule has 0 saturated carbocycles. The number of carbonyl (C=O) groups is 3. The maximum atomic E-state index is 16.4. The molecule has 1 aliphatic heterocycles. The molecule has 2 amide bonds. The number of carbonyl (C=O) groups excluding carboxylic acids is 3. The number of nitrogens with zero attached hydrogens (tertiary/aromatic N) is 1. The van der Waals surface area contributed by atoms with Gasteiger partial charge in [-0.3, -0.25) is 4.79 Å². The van der Waals surface area contributed by atoms with Gasteiger partial charge in [0.1, 0.15) is 35.0 Å². The highest BCUT2D eigenvalue weighted by Gasteiger charge is 2.31. The third kappa shape index (κ3) is 12.6. The molecule has 3 aromatic rings. The van der Waals surface area contributed by atoms with E-state index in [-0.39, 0.29) is 31.1 Å². The van der Waals surface area contributed by atoms with Gasteiger partial charge in [0.2, 0.25) is 0 Å². The maximum Gasteiger partial charge on any atom is 0.410 e. The highest BCUT2D eigenvalue weighted by Crippen LogP contribution is 2.32. The zero-order valence-corrected chi connectivity index (χ0v) is 32.8. The topological polar surface area (TPSA) is 103 Å². The van der Waals surface area contributed by atoms with E-state index in [1.54, 1.807) is 56.9 Å². The summed E-state index contributed by atoms with van der Waals surface area (Å²) in [5.41, 5.74) is 1.56. The lowest BCUT2D eigenvalue weighted by molar-refractivity contribution is -0.153. The minimum absolute atomic E-state index is 0.0462. The van der Waals surface area contributed by atoms with Crippen molar-refractivity contribution < 1.29 is 37.7 Å². The van der Waals surface area contributed by atoms with Crippen molar-refractivity contribution in [1.82, 2.24) is 10.2 Å². The number of hydrogen-bond donors (Lipinski definition) is 1. The minimum Gasteiger partial charge on any atom is -0.489 e. The van der Waals surface area contributed by atoms with E-state index in [9.17, 15) is 14.4 Å². The number of likely N-dealkylation sites (tertiary alicyclic amines) is 1. The molecule has 1 fully saturated rings. The number of nitrogens with one attached hydrogen (secondary N) is 1. The number of alkyl carbamates (subject to hydrolysis) is 1. The van der Waals surface area contributed by atoms with Crippen LogP contribution in [0.15, 0.2) is 66.7 Å². The van der Waals surface area contributed by atoms with Crippen molar-refractivity contribution in [1.29, 1.82) is 0 Å².